The van der Waals surface area contributed by atoms with Crippen LogP contribution in [0.5, 0.6) is 0 Å². The van der Waals surface area contributed by atoms with Crippen LogP contribution in [-0.4, -0.2) is 11.8 Å². The van der Waals surface area contributed by atoms with E-state index in [-0.39, 0.29) is 25.2 Å². The average molecular weight is 167 g/mol. The van der Waals surface area contributed by atoms with Crippen molar-refractivity contribution >= 4 is 24.2 Å². The summed E-state index contributed by atoms with van der Waals surface area (Å²) >= 11 is 0. The Labute approximate surface area is 65.4 Å². The first-order valence-electron chi connectivity index (χ1n) is 2.69. The monoisotopic (exact) mass is 166 g/mol. The van der Waals surface area contributed by atoms with Crippen molar-refractivity contribution in [3.8, 4) is 0 Å². The lowest BCUT2D eigenvalue weighted by Gasteiger charge is -1.90. The van der Waals surface area contributed by atoms with Gasteiger partial charge in [0, 0.05) is 12.8 Å². The van der Waals surface area contributed by atoms with E-state index in [1.165, 1.54) is 0 Å². The van der Waals surface area contributed by atoms with Gasteiger partial charge in [-0.3, -0.25) is 9.59 Å². The SMILES string of the molecule is Cl.NC(=O)CCCC(N)=O. The van der Waals surface area contributed by atoms with Crippen LogP contribution in [0, 0.1) is 0 Å². The number of hydrogen-bond donors (Lipinski definition) is 2. The molecule has 0 bridgehead atoms. The minimum Gasteiger partial charge on any atom is -0.370 e. The van der Waals surface area contributed by atoms with E-state index in [9.17, 15) is 9.59 Å². The van der Waals surface area contributed by atoms with Gasteiger partial charge in [-0.25, -0.2) is 0 Å². The summed E-state index contributed by atoms with van der Waals surface area (Å²) in [4.78, 5) is 20.1. The van der Waals surface area contributed by atoms with Crippen LogP contribution in [0.2, 0.25) is 0 Å². The quantitative estimate of drug-likeness (QED) is 0.593. The summed E-state index contributed by atoms with van der Waals surface area (Å²) in [5.41, 5.74) is 9.58. The molecule has 60 valence electrons. The summed E-state index contributed by atoms with van der Waals surface area (Å²) in [5, 5.41) is 0. The number of nitrogens with two attached hydrogens (primary N) is 2. The van der Waals surface area contributed by atoms with Crippen molar-refractivity contribution in [1.82, 2.24) is 0 Å². The number of rotatable bonds is 4. The van der Waals surface area contributed by atoms with Crippen LogP contribution in [0.15, 0.2) is 0 Å². The van der Waals surface area contributed by atoms with Crippen molar-refractivity contribution in [2.45, 2.75) is 19.3 Å². The molecule has 0 aliphatic rings. The first-order valence-corrected chi connectivity index (χ1v) is 2.69. The normalized spacial score (nSPS) is 8.00. The topological polar surface area (TPSA) is 86.2 Å². The van der Waals surface area contributed by atoms with Crippen LogP contribution in [-0.2, 0) is 9.59 Å². The van der Waals surface area contributed by atoms with Crippen LogP contribution < -0.4 is 11.5 Å². The molecule has 0 spiro atoms. The molecule has 0 aliphatic heterocycles. The molecule has 0 radical (unpaired) electrons. The molecule has 0 rings (SSSR count). The Balaban J connectivity index is 0. The Bertz CT molecular complexity index is 113. The fourth-order valence-electron chi connectivity index (χ4n) is 0.437. The summed E-state index contributed by atoms with van der Waals surface area (Å²) in [7, 11) is 0. The van der Waals surface area contributed by atoms with Crippen molar-refractivity contribution in [2.75, 3.05) is 0 Å². The molecule has 0 fully saturated rings. The zero-order valence-corrected chi connectivity index (χ0v) is 6.32. The molecule has 0 saturated carbocycles. The third-order valence-corrected chi connectivity index (χ3v) is 0.846. The fraction of sp³-hybridized carbons (Fsp3) is 0.600. The van der Waals surface area contributed by atoms with Crippen molar-refractivity contribution in [2.24, 2.45) is 11.5 Å². The molecular formula is C5H11ClN2O2. The second kappa shape index (κ2) is 6.35. The molecule has 0 aromatic rings. The standard InChI is InChI=1S/C5H10N2O2.ClH/c6-4(8)2-1-3-5(7)9;/h1-3H2,(H2,6,8)(H2,7,9);1H. The molecule has 0 unspecified atom stereocenters. The summed E-state index contributed by atoms with van der Waals surface area (Å²) in [6, 6.07) is 0. The molecule has 5 heteroatoms. The number of primary amides is 2. The second-order valence-corrected chi connectivity index (χ2v) is 1.79. The smallest absolute Gasteiger partial charge is 0.217 e. The van der Waals surface area contributed by atoms with E-state index < -0.39 is 11.8 Å². The molecule has 4 N–H and O–H groups in total. The number of hydrogen-bond acceptors (Lipinski definition) is 2. The third kappa shape index (κ3) is 10.3. The molecule has 0 heterocycles. The highest BCUT2D eigenvalue weighted by Gasteiger charge is 1.96. The molecule has 0 saturated heterocycles. The van der Waals surface area contributed by atoms with Crippen molar-refractivity contribution < 1.29 is 9.59 Å². The highest BCUT2D eigenvalue weighted by atomic mass is 35.5. The Morgan fingerprint density at radius 2 is 1.30 bits per heavy atom. The van der Waals surface area contributed by atoms with E-state index in [0.29, 0.717) is 6.42 Å². The Kier molecular flexibility index (Phi) is 7.60. The van der Waals surface area contributed by atoms with E-state index in [1.54, 1.807) is 0 Å². The lowest BCUT2D eigenvalue weighted by atomic mass is 10.2. The number of carbonyl (C=O) groups excluding carboxylic acids is 2. The van der Waals surface area contributed by atoms with Gasteiger partial charge in [-0.2, -0.15) is 0 Å². The zero-order chi connectivity index (χ0) is 7.28. The van der Waals surface area contributed by atoms with Crippen molar-refractivity contribution in [1.29, 1.82) is 0 Å². The molecule has 0 aromatic carbocycles. The highest BCUT2D eigenvalue weighted by Crippen LogP contribution is 1.91. The minimum atomic E-state index is -0.392. The van der Waals surface area contributed by atoms with Gasteiger partial charge < -0.3 is 11.5 Å². The second-order valence-electron chi connectivity index (χ2n) is 1.79. The van der Waals surface area contributed by atoms with Gasteiger partial charge in [0.05, 0.1) is 0 Å². The van der Waals surface area contributed by atoms with Gasteiger partial charge in [0.1, 0.15) is 0 Å². The summed E-state index contributed by atoms with van der Waals surface area (Å²) in [6.07, 6.45) is 0.941. The van der Waals surface area contributed by atoms with E-state index in [1.807, 2.05) is 0 Å². The number of halogens is 1. The van der Waals surface area contributed by atoms with Crippen LogP contribution in [0.3, 0.4) is 0 Å². The predicted molar refractivity (Wildman–Crippen MR) is 39.5 cm³/mol. The maximum atomic E-state index is 10.1. The van der Waals surface area contributed by atoms with E-state index >= 15 is 0 Å². The van der Waals surface area contributed by atoms with Crippen LogP contribution in [0.25, 0.3) is 0 Å². The minimum absolute atomic E-state index is 0. The highest BCUT2D eigenvalue weighted by molar-refractivity contribution is 5.85. The zero-order valence-electron chi connectivity index (χ0n) is 5.50. The first kappa shape index (κ1) is 12.0. The maximum absolute atomic E-state index is 10.1. The Morgan fingerprint density at radius 1 is 1.00 bits per heavy atom. The van der Waals surface area contributed by atoms with Gasteiger partial charge >= 0.3 is 0 Å². The van der Waals surface area contributed by atoms with Gasteiger partial charge in [0.2, 0.25) is 11.8 Å². The number of carbonyl (C=O) groups is 2. The molecule has 10 heavy (non-hydrogen) atoms. The van der Waals surface area contributed by atoms with Gasteiger partial charge in [-0.15, -0.1) is 12.4 Å². The van der Waals surface area contributed by atoms with Gasteiger partial charge in [-0.1, -0.05) is 0 Å². The summed E-state index contributed by atoms with van der Waals surface area (Å²) in [6.45, 7) is 0. The van der Waals surface area contributed by atoms with Gasteiger partial charge in [0.25, 0.3) is 0 Å². The maximum Gasteiger partial charge on any atom is 0.217 e. The third-order valence-electron chi connectivity index (χ3n) is 0.846. The molecule has 0 atom stereocenters. The average Bonchev–Trinajstić information content (AvgIpc) is 1.63. The van der Waals surface area contributed by atoms with Crippen LogP contribution in [0.4, 0.5) is 0 Å². The molecule has 4 nitrogen and oxygen atoms in total. The Hall–Kier alpha value is -0.770. The van der Waals surface area contributed by atoms with Crippen molar-refractivity contribution in [3.63, 3.8) is 0 Å². The molecule has 0 aromatic heterocycles. The van der Waals surface area contributed by atoms with Crippen LogP contribution in [0.1, 0.15) is 19.3 Å². The van der Waals surface area contributed by atoms with E-state index in [0.717, 1.165) is 0 Å². The van der Waals surface area contributed by atoms with E-state index in [4.69, 9.17) is 11.5 Å². The number of amides is 2. The Morgan fingerprint density at radius 3 is 1.50 bits per heavy atom. The molecule has 2 amide bonds. The van der Waals surface area contributed by atoms with Crippen LogP contribution >= 0.6 is 12.4 Å². The first-order chi connectivity index (χ1) is 4.13. The van der Waals surface area contributed by atoms with Gasteiger partial charge in [-0.05, 0) is 6.42 Å². The lowest BCUT2D eigenvalue weighted by molar-refractivity contribution is -0.119. The lowest BCUT2D eigenvalue weighted by Crippen LogP contribution is -2.14. The fourth-order valence-corrected chi connectivity index (χ4v) is 0.437. The van der Waals surface area contributed by atoms with E-state index in [2.05, 4.69) is 0 Å². The van der Waals surface area contributed by atoms with Gasteiger partial charge in [0.15, 0.2) is 0 Å². The largest absolute Gasteiger partial charge is 0.370 e. The van der Waals surface area contributed by atoms with Crippen molar-refractivity contribution in [3.05, 3.63) is 0 Å². The summed E-state index contributed by atoms with van der Waals surface area (Å²) in [5.74, 6) is -0.785. The molecule has 0 aliphatic carbocycles. The molecular weight excluding hydrogens is 156 g/mol. The predicted octanol–water partition coefficient (Wildman–Crippen LogP) is -0.451. The summed E-state index contributed by atoms with van der Waals surface area (Å²) < 4.78 is 0.